The first-order valence-electron chi connectivity index (χ1n) is 8.48. The molecule has 0 fully saturated rings. The van der Waals surface area contributed by atoms with Crippen molar-refractivity contribution in [3.05, 3.63) is 12.1 Å². The molecule has 25 heavy (non-hydrogen) atoms. The van der Waals surface area contributed by atoms with Gasteiger partial charge in [-0.15, -0.1) is 4.73 Å². The first-order chi connectivity index (χ1) is 11.5. The van der Waals surface area contributed by atoms with Crippen LogP contribution < -0.4 is 4.84 Å². The summed E-state index contributed by atoms with van der Waals surface area (Å²) in [7, 11) is 1.68. The van der Waals surface area contributed by atoms with E-state index in [1.807, 2.05) is 27.7 Å². The van der Waals surface area contributed by atoms with Crippen molar-refractivity contribution in [3.8, 4) is 11.8 Å². The summed E-state index contributed by atoms with van der Waals surface area (Å²) in [4.78, 5) is 17.1. The predicted octanol–water partition coefficient (Wildman–Crippen LogP) is 2.88. The molecule has 1 heterocycles. The van der Waals surface area contributed by atoms with Crippen molar-refractivity contribution in [2.75, 3.05) is 13.7 Å². The predicted molar refractivity (Wildman–Crippen MR) is 93.5 cm³/mol. The van der Waals surface area contributed by atoms with Gasteiger partial charge in [0, 0.05) is 19.2 Å². The van der Waals surface area contributed by atoms with Crippen LogP contribution in [0.15, 0.2) is 12.1 Å². The van der Waals surface area contributed by atoms with Crippen LogP contribution in [0.25, 0.3) is 0 Å². The number of ether oxygens (including phenoxy) is 2. The van der Waals surface area contributed by atoms with E-state index in [4.69, 9.17) is 14.3 Å². The van der Waals surface area contributed by atoms with E-state index in [9.17, 15) is 15.0 Å². The molecule has 0 spiro atoms. The molecule has 0 saturated carbocycles. The van der Waals surface area contributed by atoms with Crippen LogP contribution in [0.2, 0.25) is 0 Å². The minimum Gasteiger partial charge on any atom is -0.492 e. The van der Waals surface area contributed by atoms with E-state index >= 15 is 0 Å². The van der Waals surface area contributed by atoms with Crippen LogP contribution >= 0.6 is 0 Å². The van der Waals surface area contributed by atoms with Crippen LogP contribution in [-0.4, -0.2) is 45.8 Å². The summed E-state index contributed by atoms with van der Waals surface area (Å²) in [5, 5.41) is 19.0. The van der Waals surface area contributed by atoms with Crippen molar-refractivity contribution in [2.45, 2.75) is 65.1 Å². The molecule has 7 heteroatoms. The zero-order valence-corrected chi connectivity index (χ0v) is 16.0. The van der Waals surface area contributed by atoms with Gasteiger partial charge >= 0.3 is 5.97 Å². The largest absolute Gasteiger partial charge is 0.492 e. The summed E-state index contributed by atoms with van der Waals surface area (Å²) in [5.41, 5.74) is -0.607. The highest BCUT2D eigenvalue weighted by Gasteiger charge is 2.25. The molecule has 0 bridgehead atoms. The number of aromatic nitrogens is 1. The summed E-state index contributed by atoms with van der Waals surface area (Å²) in [6.45, 7) is 10.3. The van der Waals surface area contributed by atoms with Crippen molar-refractivity contribution in [3.63, 3.8) is 0 Å². The van der Waals surface area contributed by atoms with Gasteiger partial charge < -0.3 is 24.5 Å². The number of carbonyl (C=O) groups excluding carboxylic acids is 1. The molecule has 1 unspecified atom stereocenters. The lowest BCUT2D eigenvalue weighted by atomic mass is 9.95. The van der Waals surface area contributed by atoms with E-state index in [1.165, 1.54) is 12.1 Å². The summed E-state index contributed by atoms with van der Waals surface area (Å²) in [5.74, 6) is -1.59. The van der Waals surface area contributed by atoms with Crippen LogP contribution in [0.1, 0.15) is 53.9 Å². The topological polar surface area (TPSA) is 90.2 Å². The highest BCUT2D eigenvalue weighted by molar-refractivity contribution is 5.72. The molecule has 2 N–H and O–H groups in total. The van der Waals surface area contributed by atoms with E-state index in [-0.39, 0.29) is 23.0 Å². The summed E-state index contributed by atoms with van der Waals surface area (Å²) in [6.07, 6.45) is 2.00. The standard InChI is InChI=1S/C18H31NO6/c1-13(16(22)25-19-14(20)7-8-15(19)21)9-10-18(4,5)24-12-11-17(2,3)23-6/h7-8,13,20-21H,9-12H2,1-6H3. The maximum Gasteiger partial charge on any atom is 0.335 e. The molecule has 0 amide bonds. The third kappa shape index (κ3) is 6.96. The normalized spacial score (nSPS) is 13.7. The smallest absolute Gasteiger partial charge is 0.335 e. The number of carbonyl (C=O) groups is 1. The second kappa shape index (κ2) is 8.58. The Labute approximate surface area is 149 Å². The third-order valence-corrected chi connectivity index (χ3v) is 4.31. The first-order valence-corrected chi connectivity index (χ1v) is 8.48. The quantitative estimate of drug-likeness (QED) is 0.669. The molecule has 1 atom stereocenters. The fourth-order valence-corrected chi connectivity index (χ4v) is 2.10. The Kier molecular flexibility index (Phi) is 7.31. The average Bonchev–Trinajstić information content (AvgIpc) is 2.84. The molecule has 0 aliphatic carbocycles. The molecule has 0 aliphatic rings. The van der Waals surface area contributed by atoms with Crippen LogP contribution in [0.5, 0.6) is 11.8 Å². The monoisotopic (exact) mass is 357 g/mol. The molecule has 0 aliphatic heterocycles. The molecule has 0 radical (unpaired) electrons. The van der Waals surface area contributed by atoms with Crippen molar-refractivity contribution in [2.24, 2.45) is 5.92 Å². The molecular formula is C18H31NO6. The van der Waals surface area contributed by atoms with Gasteiger partial charge in [0.2, 0.25) is 11.8 Å². The van der Waals surface area contributed by atoms with Gasteiger partial charge in [-0.2, -0.15) is 0 Å². The molecular weight excluding hydrogens is 326 g/mol. The van der Waals surface area contributed by atoms with E-state index in [0.29, 0.717) is 24.2 Å². The molecule has 7 nitrogen and oxygen atoms in total. The Balaban J connectivity index is 2.43. The van der Waals surface area contributed by atoms with Crippen LogP contribution in [-0.2, 0) is 14.3 Å². The van der Waals surface area contributed by atoms with Crippen LogP contribution in [0, 0.1) is 5.92 Å². The third-order valence-electron chi connectivity index (χ3n) is 4.31. The second-order valence-electron chi connectivity index (χ2n) is 7.52. The molecule has 1 aromatic rings. The first kappa shape index (κ1) is 21.3. The van der Waals surface area contributed by atoms with Gasteiger partial charge in [-0.1, -0.05) is 6.92 Å². The molecule has 0 saturated heterocycles. The lowest BCUT2D eigenvalue weighted by Gasteiger charge is -2.29. The van der Waals surface area contributed by atoms with Crippen molar-refractivity contribution < 1.29 is 29.3 Å². The van der Waals surface area contributed by atoms with Gasteiger partial charge in [0.1, 0.15) is 0 Å². The minimum atomic E-state index is -0.530. The van der Waals surface area contributed by atoms with E-state index in [2.05, 4.69) is 0 Å². The van der Waals surface area contributed by atoms with Gasteiger partial charge in [0.15, 0.2) is 0 Å². The van der Waals surface area contributed by atoms with Crippen molar-refractivity contribution in [1.29, 1.82) is 0 Å². The Morgan fingerprint density at radius 3 is 2.20 bits per heavy atom. The van der Waals surface area contributed by atoms with Gasteiger partial charge in [-0.25, -0.2) is 4.79 Å². The summed E-state index contributed by atoms with van der Waals surface area (Å²) < 4.78 is 12.0. The second-order valence-corrected chi connectivity index (χ2v) is 7.52. The Hall–Kier alpha value is -1.73. The number of aromatic hydroxyl groups is 2. The number of nitrogens with zero attached hydrogens (tertiary/aromatic N) is 1. The van der Waals surface area contributed by atoms with Gasteiger partial charge in [0.25, 0.3) is 0 Å². The zero-order chi connectivity index (χ0) is 19.3. The SMILES string of the molecule is COC(C)(C)CCOC(C)(C)CCC(C)C(=O)On1c(O)ccc1O. The van der Waals surface area contributed by atoms with E-state index in [0.717, 1.165) is 6.42 Å². The molecule has 0 aromatic carbocycles. The fraction of sp³-hybridized carbons (Fsp3) is 0.722. The maximum absolute atomic E-state index is 12.1. The number of hydrogen-bond donors (Lipinski definition) is 2. The van der Waals surface area contributed by atoms with Gasteiger partial charge in [0.05, 0.1) is 23.7 Å². The lowest BCUT2D eigenvalue weighted by molar-refractivity contribution is -0.150. The van der Waals surface area contributed by atoms with Crippen LogP contribution in [0.4, 0.5) is 0 Å². The minimum absolute atomic E-state index is 0.228. The van der Waals surface area contributed by atoms with Crippen LogP contribution in [0.3, 0.4) is 0 Å². The average molecular weight is 357 g/mol. The highest BCUT2D eigenvalue weighted by atomic mass is 16.7. The Morgan fingerprint density at radius 1 is 1.12 bits per heavy atom. The van der Waals surface area contributed by atoms with Gasteiger partial charge in [-0.3, -0.25) is 0 Å². The Morgan fingerprint density at radius 2 is 1.68 bits per heavy atom. The maximum atomic E-state index is 12.1. The number of hydrogen-bond acceptors (Lipinski definition) is 6. The Bertz CT molecular complexity index is 544. The highest BCUT2D eigenvalue weighted by Crippen LogP contribution is 2.24. The molecule has 144 valence electrons. The fourth-order valence-electron chi connectivity index (χ4n) is 2.10. The van der Waals surface area contributed by atoms with E-state index < -0.39 is 11.9 Å². The summed E-state index contributed by atoms with van der Waals surface area (Å²) in [6, 6.07) is 2.48. The number of rotatable bonds is 10. The zero-order valence-electron chi connectivity index (χ0n) is 16.0. The van der Waals surface area contributed by atoms with E-state index in [1.54, 1.807) is 14.0 Å². The van der Waals surface area contributed by atoms with Crippen molar-refractivity contribution >= 4 is 5.97 Å². The molecule has 1 rings (SSSR count). The van der Waals surface area contributed by atoms with Gasteiger partial charge in [-0.05, 0) is 47.0 Å². The lowest BCUT2D eigenvalue weighted by Crippen LogP contribution is -2.31. The molecule has 1 aromatic heterocycles. The number of methoxy groups -OCH3 is 1. The van der Waals surface area contributed by atoms with Crippen molar-refractivity contribution in [1.82, 2.24) is 4.73 Å². The summed E-state index contributed by atoms with van der Waals surface area (Å²) >= 11 is 0.